The van der Waals surface area contributed by atoms with Gasteiger partial charge in [0.05, 0.1) is 24.9 Å². The molecule has 3 unspecified atom stereocenters. The zero-order valence-corrected chi connectivity index (χ0v) is 11.8. The van der Waals surface area contributed by atoms with Crippen molar-refractivity contribution in [1.82, 2.24) is 10.2 Å². The molecule has 4 nitrogen and oxygen atoms in total. The molecule has 0 spiro atoms. The molecule has 0 aliphatic carbocycles. The van der Waals surface area contributed by atoms with Gasteiger partial charge in [0.2, 0.25) is 5.91 Å². The highest BCUT2D eigenvalue weighted by molar-refractivity contribution is 5.84. The van der Waals surface area contributed by atoms with Crippen LogP contribution in [0.15, 0.2) is 0 Å². The van der Waals surface area contributed by atoms with Gasteiger partial charge < -0.3 is 9.64 Å². The maximum Gasteiger partial charge on any atom is 0.241 e. The lowest BCUT2D eigenvalue weighted by Crippen LogP contribution is -2.48. The summed E-state index contributed by atoms with van der Waals surface area (Å²) in [4.78, 5) is 14.6. The summed E-state index contributed by atoms with van der Waals surface area (Å²) in [5.41, 5.74) is 0. The van der Waals surface area contributed by atoms with Gasteiger partial charge >= 0.3 is 0 Å². The van der Waals surface area contributed by atoms with E-state index in [1.54, 1.807) is 0 Å². The standard InChI is InChI=1S/C14H26N2O2/c1-4-13-15-12(8-10(2)3)14(17)16(13)11-6-5-7-18-9-11/h10-13,15H,4-9H2,1-3H3. The highest BCUT2D eigenvalue weighted by Gasteiger charge is 2.41. The molecule has 2 heterocycles. The smallest absolute Gasteiger partial charge is 0.241 e. The maximum absolute atomic E-state index is 12.5. The summed E-state index contributed by atoms with van der Waals surface area (Å²) in [7, 11) is 0. The highest BCUT2D eigenvalue weighted by atomic mass is 16.5. The first kappa shape index (κ1) is 13.8. The van der Waals surface area contributed by atoms with Crippen molar-refractivity contribution >= 4 is 5.91 Å². The third-order valence-corrected chi connectivity index (χ3v) is 3.91. The Balaban J connectivity index is 2.04. The summed E-state index contributed by atoms with van der Waals surface area (Å²) in [6, 6.07) is 0.290. The van der Waals surface area contributed by atoms with E-state index in [0.717, 1.165) is 32.3 Å². The van der Waals surface area contributed by atoms with Crippen molar-refractivity contribution in [3.05, 3.63) is 0 Å². The number of ether oxygens (including phenoxy) is 1. The molecule has 0 aromatic rings. The fraction of sp³-hybridized carbons (Fsp3) is 0.929. The van der Waals surface area contributed by atoms with Gasteiger partial charge in [0.1, 0.15) is 0 Å². The first-order valence-electron chi connectivity index (χ1n) is 7.29. The number of carbonyl (C=O) groups is 1. The summed E-state index contributed by atoms with van der Waals surface area (Å²) in [6.07, 6.45) is 4.25. The molecule has 2 saturated heterocycles. The Morgan fingerprint density at radius 3 is 2.83 bits per heavy atom. The van der Waals surface area contributed by atoms with E-state index >= 15 is 0 Å². The number of nitrogens with one attached hydrogen (secondary N) is 1. The fourth-order valence-electron chi connectivity index (χ4n) is 3.05. The molecule has 0 radical (unpaired) electrons. The molecule has 18 heavy (non-hydrogen) atoms. The molecule has 0 bridgehead atoms. The summed E-state index contributed by atoms with van der Waals surface area (Å²) >= 11 is 0. The van der Waals surface area contributed by atoms with Crippen LogP contribution in [0.1, 0.15) is 46.5 Å². The molecule has 104 valence electrons. The Kier molecular flexibility index (Phi) is 4.62. The third kappa shape index (κ3) is 2.86. The Labute approximate surface area is 110 Å². The second-order valence-corrected chi connectivity index (χ2v) is 5.89. The van der Waals surface area contributed by atoms with Crippen LogP contribution in [0.5, 0.6) is 0 Å². The normalized spacial score (nSPS) is 33.4. The Hall–Kier alpha value is -0.610. The van der Waals surface area contributed by atoms with E-state index in [0.29, 0.717) is 12.5 Å². The van der Waals surface area contributed by atoms with Crippen LogP contribution in [-0.2, 0) is 9.53 Å². The lowest BCUT2D eigenvalue weighted by atomic mass is 10.0. The van der Waals surface area contributed by atoms with E-state index in [1.165, 1.54) is 0 Å². The SMILES string of the molecule is CCC1NC(CC(C)C)C(=O)N1C1CCCOC1. The van der Waals surface area contributed by atoms with Crippen LogP contribution in [0.4, 0.5) is 0 Å². The van der Waals surface area contributed by atoms with Crippen molar-refractivity contribution in [2.24, 2.45) is 5.92 Å². The van der Waals surface area contributed by atoms with Crippen LogP contribution in [0.2, 0.25) is 0 Å². The van der Waals surface area contributed by atoms with Crippen LogP contribution < -0.4 is 5.32 Å². The summed E-state index contributed by atoms with van der Waals surface area (Å²) < 4.78 is 5.53. The van der Waals surface area contributed by atoms with Crippen LogP contribution in [0, 0.1) is 5.92 Å². The van der Waals surface area contributed by atoms with E-state index in [1.807, 2.05) is 0 Å². The van der Waals surface area contributed by atoms with Crippen molar-refractivity contribution in [2.75, 3.05) is 13.2 Å². The third-order valence-electron chi connectivity index (χ3n) is 3.91. The van der Waals surface area contributed by atoms with Gasteiger partial charge in [0.15, 0.2) is 0 Å². The van der Waals surface area contributed by atoms with E-state index in [9.17, 15) is 4.79 Å². The molecule has 1 amide bonds. The van der Waals surface area contributed by atoms with Crippen molar-refractivity contribution < 1.29 is 9.53 Å². The van der Waals surface area contributed by atoms with Crippen molar-refractivity contribution in [3.8, 4) is 0 Å². The fourth-order valence-corrected chi connectivity index (χ4v) is 3.05. The van der Waals surface area contributed by atoms with Gasteiger partial charge in [0, 0.05) is 6.61 Å². The molecule has 2 rings (SSSR count). The molecule has 3 atom stereocenters. The Morgan fingerprint density at radius 1 is 1.50 bits per heavy atom. The number of hydrogen-bond donors (Lipinski definition) is 1. The molecule has 2 aliphatic rings. The van der Waals surface area contributed by atoms with Gasteiger partial charge in [0.25, 0.3) is 0 Å². The minimum atomic E-state index is 0.0110. The average molecular weight is 254 g/mol. The highest BCUT2D eigenvalue weighted by Crippen LogP contribution is 2.24. The van der Waals surface area contributed by atoms with Crippen LogP contribution >= 0.6 is 0 Å². The molecule has 2 fully saturated rings. The minimum absolute atomic E-state index is 0.0110. The van der Waals surface area contributed by atoms with Gasteiger partial charge in [-0.25, -0.2) is 0 Å². The van der Waals surface area contributed by atoms with Gasteiger partial charge in [-0.2, -0.15) is 0 Å². The monoisotopic (exact) mass is 254 g/mol. The first-order valence-corrected chi connectivity index (χ1v) is 7.29. The average Bonchev–Trinajstić information content (AvgIpc) is 2.66. The molecule has 0 saturated carbocycles. The van der Waals surface area contributed by atoms with Crippen LogP contribution in [0.25, 0.3) is 0 Å². The molecule has 0 aromatic carbocycles. The number of carbonyl (C=O) groups excluding carboxylic acids is 1. The summed E-state index contributed by atoms with van der Waals surface area (Å²) in [6.45, 7) is 8.03. The first-order chi connectivity index (χ1) is 8.63. The predicted octanol–water partition coefficient (Wildman–Crippen LogP) is 1.75. The predicted molar refractivity (Wildman–Crippen MR) is 71.1 cm³/mol. The van der Waals surface area contributed by atoms with E-state index in [4.69, 9.17) is 4.74 Å². The van der Waals surface area contributed by atoms with E-state index < -0.39 is 0 Å². The van der Waals surface area contributed by atoms with E-state index in [2.05, 4.69) is 31.0 Å². The summed E-state index contributed by atoms with van der Waals surface area (Å²) in [5.74, 6) is 0.831. The quantitative estimate of drug-likeness (QED) is 0.831. The molecule has 4 heteroatoms. The summed E-state index contributed by atoms with van der Waals surface area (Å²) in [5, 5.41) is 3.49. The Bertz CT molecular complexity index is 288. The van der Waals surface area contributed by atoms with Gasteiger partial charge in [-0.05, 0) is 31.6 Å². The topological polar surface area (TPSA) is 41.6 Å². The van der Waals surface area contributed by atoms with Gasteiger partial charge in [-0.3, -0.25) is 10.1 Å². The number of amides is 1. The largest absolute Gasteiger partial charge is 0.379 e. The lowest BCUT2D eigenvalue weighted by Gasteiger charge is -2.34. The second kappa shape index (κ2) is 6.02. The lowest BCUT2D eigenvalue weighted by molar-refractivity contribution is -0.135. The van der Waals surface area contributed by atoms with E-state index in [-0.39, 0.29) is 24.2 Å². The number of hydrogen-bond acceptors (Lipinski definition) is 3. The molecule has 2 aliphatic heterocycles. The van der Waals surface area contributed by atoms with Gasteiger partial charge in [-0.15, -0.1) is 0 Å². The number of nitrogens with zero attached hydrogens (tertiary/aromatic N) is 1. The maximum atomic E-state index is 12.5. The molecule has 1 N–H and O–H groups in total. The number of rotatable bonds is 4. The van der Waals surface area contributed by atoms with Crippen molar-refractivity contribution in [3.63, 3.8) is 0 Å². The molecule has 0 aromatic heterocycles. The Morgan fingerprint density at radius 2 is 2.28 bits per heavy atom. The van der Waals surface area contributed by atoms with Crippen molar-refractivity contribution in [2.45, 2.75) is 64.7 Å². The zero-order chi connectivity index (χ0) is 13.1. The second-order valence-electron chi connectivity index (χ2n) is 5.89. The van der Waals surface area contributed by atoms with Crippen LogP contribution in [0.3, 0.4) is 0 Å². The molecular weight excluding hydrogens is 228 g/mol. The van der Waals surface area contributed by atoms with Gasteiger partial charge in [-0.1, -0.05) is 20.8 Å². The van der Waals surface area contributed by atoms with Crippen molar-refractivity contribution in [1.29, 1.82) is 0 Å². The molecular formula is C14H26N2O2. The van der Waals surface area contributed by atoms with Crippen LogP contribution in [-0.4, -0.2) is 42.3 Å². The zero-order valence-electron chi connectivity index (χ0n) is 11.8. The minimum Gasteiger partial charge on any atom is -0.379 e.